The smallest absolute Gasteiger partial charge is 0.268 e. The lowest BCUT2D eigenvalue weighted by Crippen LogP contribution is -2.23. The fraction of sp³-hybridized carbons (Fsp3) is 0.429. The van der Waals surface area contributed by atoms with Gasteiger partial charge in [-0.2, -0.15) is 0 Å². The van der Waals surface area contributed by atoms with E-state index in [0.29, 0.717) is 24.6 Å². The van der Waals surface area contributed by atoms with Crippen molar-refractivity contribution in [1.82, 2.24) is 9.55 Å². The monoisotopic (exact) mass is 365 g/mol. The highest BCUT2D eigenvalue weighted by Gasteiger charge is 2.39. The molecule has 27 heavy (non-hydrogen) atoms. The quantitative estimate of drug-likeness (QED) is 0.763. The topological polar surface area (TPSA) is 81.1 Å². The van der Waals surface area contributed by atoms with Crippen molar-refractivity contribution >= 4 is 5.91 Å². The summed E-state index contributed by atoms with van der Waals surface area (Å²) in [6, 6.07) is 3.52. The van der Waals surface area contributed by atoms with Gasteiger partial charge in [0.05, 0.1) is 5.56 Å². The van der Waals surface area contributed by atoms with Gasteiger partial charge in [-0.3, -0.25) is 4.79 Å². The van der Waals surface area contributed by atoms with Crippen LogP contribution >= 0.6 is 0 Å². The second-order valence-electron chi connectivity index (χ2n) is 7.95. The summed E-state index contributed by atoms with van der Waals surface area (Å²) in [5.74, 6) is 5.71. The first-order valence-corrected chi connectivity index (χ1v) is 9.41. The Kier molecular flexibility index (Phi) is 3.47. The van der Waals surface area contributed by atoms with E-state index in [0.717, 1.165) is 36.8 Å². The number of hydrogen-bond acceptors (Lipinski definition) is 3. The molecule has 0 saturated heterocycles. The van der Waals surface area contributed by atoms with Crippen LogP contribution in [0.3, 0.4) is 0 Å². The van der Waals surface area contributed by atoms with E-state index in [1.165, 1.54) is 0 Å². The highest BCUT2D eigenvalue weighted by atomic mass is 19.1. The average Bonchev–Trinajstić information content (AvgIpc) is 3.16. The van der Waals surface area contributed by atoms with Crippen LogP contribution in [0.15, 0.2) is 18.3 Å². The summed E-state index contributed by atoms with van der Waals surface area (Å²) in [7, 11) is 0. The van der Waals surface area contributed by atoms with E-state index < -0.39 is 11.5 Å². The predicted molar refractivity (Wildman–Crippen MR) is 97.4 cm³/mol. The lowest BCUT2D eigenvalue weighted by atomic mass is 9.75. The molecule has 5 nitrogen and oxygen atoms in total. The van der Waals surface area contributed by atoms with Crippen molar-refractivity contribution in [2.45, 2.75) is 56.1 Å². The van der Waals surface area contributed by atoms with E-state index in [4.69, 9.17) is 5.73 Å². The molecule has 4 aliphatic rings. The standard InChI is InChI=1S/C21H20FN3O2/c22-17-10-15-13-7-14(8-13)25-11-18(19(23)26)24-20(25)16(15)9-12(17)3-6-21(27)4-1-2-5-21/h9-11,13-14,27H,1-2,4-5,7-8H2,(H2,23,26). The van der Waals surface area contributed by atoms with Gasteiger partial charge >= 0.3 is 0 Å². The van der Waals surface area contributed by atoms with E-state index in [9.17, 15) is 14.3 Å². The molecule has 0 unspecified atom stereocenters. The third-order valence-electron chi connectivity index (χ3n) is 6.17. The molecular weight excluding hydrogens is 345 g/mol. The molecule has 3 heterocycles. The zero-order valence-corrected chi connectivity index (χ0v) is 14.8. The molecule has 0 radical (unpaired) electrons. The number of aliphatic hydroxyl groups is 1. The van der Waals surface area contributed by atoms with Crippen LogP contribution in [0.5, 0.6) is 0 Å². The van der Waals surface area contributed by atoms with Crippen LogP contribution in [0.2, 0.25) is 0 Å². The maximum Gasteiger partial charge on any atom is 0.268 e. The summed E-state index contributed by atoms with van der Waals surface area (Å²) in [6.07, 6.45) is 6.63. The summed E-state index contributed by atoms with van der Waals surface area (Å²) in [5, 5.41) is 10.4. The number of primary amides is 1. The molecule has 2 saturated carbocycles. The number of rotatable bonds is 1. The Balaban J connectivity index is 1.64. The number of halogens is 1. The van der Waals surface area contributed by atoms with Gasteiger partial charge in [-0.25, -0.2) is 9.37 Å². The molecule has 2 fully saturated rings. The zero-order valence-electron chi connectivity index (χ0n) is 14.8. The van der Waals surface area contributed by atoms with Crippen molar-refractivity contribution < 1.29 is 14.3 Å². The van der Waals surface area contributed by atoms with Crippen LogP contribution < -0.4 is 5.73 Å². The van der Waals surface area contributed by atoms with Crippen LogP contribution in [0.25, 0.3) is 11.4 Å². The highest BCUT2D eigenvalue weighted by molar-refractivity contribution is 5.91. The predicted octanol–water partition coefficient (Wildman–Crippen LogP) is 2.88. The van der Waals surface area contributed by atoms with Crippen molar-refractivity contribution in [2.24, 2.45) is 5.73 Å². The zero-order chi connectivity index (χ0) is 18.8. The molecule has 2 bridgehead atoms. The van der Waals surface area contributed by atoms with Gasteiger partial charge in [0.15, 0.2) is 0 Å². The van der Waals surface area contributed by atoms with E-state index in [-0.39, 0.29) is 23.1 Å². The van der Waals surface area contributed by atoms with Gasteiger partial charge in [0.25, 0.3) is 5.91 Å². The Bertz CT molecular complexity index is 1020. The highest BCUT2D eigenvalue weighted by Crippen LogP contribution is 2.52. The number of nitrogens with zero attached hydrogens (tertiary/aromatic N) is 2. The minimum Gasteiger partial charge on any atom is -0.378 e. The van der Waals surface area contributed by atoms with Crippen LogP contribution in [0.4, 0.5) is 4.39 Å². The Morgan fingerprint density at radius 2 is 2.07 bits per heavy atom. The van der Waals surface area contributed by atoms with Gasteiger partial charge in [0, 0.05) is 17.8 Å². The van der Waals surface area contributed by atoms with E-state index >= 15 is 0 Å². The first-order valence-electron chi connectivity index (χ1n) is 9.41. The molecule has 2 aliphatic carbocycles. The Morgan fingerprint density at radius 3 is 2.78 bits per heavy atom. The normalized spacial score (nSPS) is 24.1. The Morgan fingerprint density at radius 1 is 1.33 bits per heavy atom. The molecule has 1 aromatic heterocycles. The molecule has 2 aromatic rings. The van der Waals surface area contributed by atoms with Gasteiger partial charge in [0.1, 0.15) is 22.9 Å². The number of nitrogens with two attached hydrogens (primary N) is 1. The lowest BCUT2D eigenvalue weighted by Gasteiger charge is -2.34. The number of benzene rings is 1. The van der Waals surface area contributed by atoms with E-state index in [2.05, 4.69) is 16.8 Å². The fourth-order valence-electron chi connectivity index (χ4n) is 4.54. The number of imidazole rings is 1. The van der Waals surface area contributed by atoms with Gasteiger partial charge in [0.2, 0.25) is 0 Å². The minimum atomic E-state index is -1.02. The number of carbonyl (C=O) groups is 1. The van der Waals surface area contributed by atoms with Crippen LogP contribution in [-0.4, -0.2) is 26.2 Å². The number of hydrogen-bond donors (Lipinski definition) is 2. The van der Waals surface area contributed by atoms with Crippen molar-refractivity contribution in [3.63, 3.8) is 0 Å². The van der Waals surface area contributed by atoms with Gasteiger partial charge < -0.3 is 15.4 Å². The lowest BCUT2D eigenvalue weighted by molar-refractivity contribution is 0.0995. The minimum absolute atomic E-state index is 0.221. The van der Waals surface area contributed by atoms with Crippen molar-refractivity contribution in [3.05, 3.63) is 41.0 Å². The number of carbonyl (C=O) groups excluding carboxylic acids is 1. The van der Waals surface area contributed by atoms with E-state index in [1.54, 1.807) is 18.3 Å². The Hall–Kier alpha value is -2.65. The average molecular weight is 365 g/mol. The molecule has 1 amide bonds. The molecule has 0 spiro atoms. The van der Waals surface area contributed by atoms with Gasteiger partial charge in [-0.1, -0.05) is 11.8 Å². The summed E-state index contributed by atoms with van der Waals surface area (Å²) in [4.78, 5) is 16.0. The van der Waals surface area contributed by atoms with Crippen molar-refractivity contribution in [3.8, 4) is 23.2 Å². The molecule has 3 N–H and O–H groups in total. The SMILES string of the molecule is NC(=O)c1cn2c(n1)-c1cc(C#CC3(O)CCCC3)c(F)cc1C1CC2C1. The van der Waals surface area contributed by atoms with Crippen molar-refractivity contribution in [1.29, 1.82) is 0 Å². The van der Waals surface area contributed by atoms with Crippen molar-refractivity contribution in [2.75, 3.05) is 0 Å². The maximum absolute atomic E-state index is 14.7. The summed E-state index contributed by atoms with van der Waals surface area (Å²) in [6.45, 7) is 0. The number of aromatic nitrogens is 2. The van der Waals surface area contributed by atoms with Crippen LogP contribution in [0.1, 0.15) is 72.1 Å². The largest absolute Gasteiger partial charge is 0.378 e. The maximum atomic E-state index is 14.7. The van der Waals surface area contributed by atoms with Crippen LogP contribution in [-0.2, 0) is 0 Å². The van der Waals surface area contributed by atoms with Gasteiger partial charge in [-0.15, -0.1) is 0 Å². The molecule has 2 aliphatic heterocycles. The van der Waals surface area contributed by atoms with E-state index in [1.807, 2.05) is 4.57 Å². The molecule has 138 valence electrons. The second-order valence-corrected chi connectivity index (χ2v) is 7.95. The summed E-state index contributed by atoms with van der Waals surface area (Å²) in [5.41, 5.74) is 6.58. The summed E-state index contributed by atoms with van der Waals surface area (Å²) < 4.78 is 16.7. The van der Waals surface area contributed by atoms with Gasteiger partial charge in [-0.05, 0) is 62.1 Å². The fourth-order valence-corrected chi connectivity index (χ4v) is 4.54. The third kappa shape index (κ3) is 2.57. The first kappa shape index (κ1) is 16.5. The molecule has 0 atom stereocenters. The first-order chi connectivity index (χ1) is 12.9. The molecular formula is C21H20FN3O2. The third-order valence-corrected chi connectivity index (χ3v) is 6.17. The molecule has 6 rings (SSSR count). The number of amides is 1. The molecule has 6 heteroatoms. The summed E-state index contributed by atoms with van der Waals surface area (Å²) >= 11 is 0. The Labute approximate surface area is 156 Å². The van der Waals surface area contributed by atoms with Crippen LogP contribution in [0, 0.1) is 17.7 Å². The second kappa shape index (κ2) is 5.67. The molecule has 1 aromatic carbocycles.